The van der Waals surface area contributed by atoms with E-state index in [1.54, 1.807) is 36.2 Å². The fourth-order valence-corrected chi connectivity index (χ4v) is 3.37. The maximum Gasteiger partial charge on any atom is 0.356 e. The third-order valence-corrected chi connectivity index (χ3v) is 4.65. The van der Waals surface area contributed by atoms with E-state index in [0.29, 0.717) is 5.88 Å². The van der Waals surface area contributed by atoms with Crippen LogP contribution in [-0.2, 0) is 0 Å². The smallest absolute Gasteiger partial charge is 0.356 e. The zero-order valence-electron chi connectivity index (χ0n) is 15.5. The van der Waals surface area contributed by atoms with Crippen molar-refractivity contribution < 1.29 is 4.74 Å². The van der Waals surface area contributed by atoms with Crippen molar-refractivity contribution in [3.05, 3.63) is 64.2 Å². The Bertz CT molecular complexity index is 1210. The van der Waals surface area contributed by atoms with Crippen LogP contribution < -0.4 is 10.4 Å². The Morgan fingerprint density at radius 2 is 1.81 bits per heavy atom. The van der Waals surface area contributed by atoms with Crippen LogP contribution in [-0.4, -0.2) is 36.2 Å². The summed E-state index contributed by atoms with van der Waals surface area (Å²) in [4.78, 5) is 25.8. The molecule has 0 aromatic carbocycles. The summed E-state index contributed by atoms with van der Waals surface area (Å²) in [6.45, 7) is 5.82. The molecule has 8 heteroatoms. The molecule has 0 unspecified atom stereocenters. The van der Waals surface area contributed by atoms with Crippen molar-refractivity contribution in [2.45, 2.75) is 20.8 Å². The SMILES string of the molecule is COc1ccc(-c2c(C)c3cnn(-c4ncccn4)c(=O)n3c2C)c(C)n1. The number of aromatic nitrogens is 6. The third-order valence-electron chi connectivity index (χ3n) is 4.65. The van der Waals surface area contributed by atoms with E-state index in [1.165, 1.54) is 4.68 Å². The van der Waals surface area contributed by atoms with Gasteiger partial charge in [0.1, 0.15) is 0 Å². The Balaban J connectivity index is 2.00. The van der Waals surface area contributed by atoms with E-state index in [-0.39, 0.29) is 11.6 Å². The van der Waals surface area contributed by atoms with Gasteiger partial charge in [-0.25, -0.2) is 19.7 Å². The predicted octanol–water partition coefficient (Wildman–Crippen LogP) is 2.27. The molecule has 0 radical (unpaired) electrons. The van der Waals surface area contributed by atoms with E-state index in [0.717, 1.165) is 33.6 Å². The summed E-state index contributed by atoms with van der Waals surface area (Å²) < 4.78 is 8.03. The number of aryl methyl sites for hydroxylation is 3. The summed E-state index contributed by atoms with van der Waals surface area (Å²) in [6.07, 6.45) is 4.81. The van der Waals surface area contributed by atoms with E-state index in [4.69, 9.17) is 4.74 Å². The molecule has 27 heavy (non-hydrogen) atoms. The van der Waals surface area contributed by atoms with Crippen molar-refractivity contribution in [2.75, 3.05) is 7.11 Å². The maximum absolute atomic E-state index is 13.1. The monoisotopic (exact) mass is 362 g/mol. The maximum atomic E-state index is 13.1. The molecule has 4 rings (SSSR count). The second-order valence-electron chi connectivity index (χ2n) is 6.18. The molecule has 0 aliphatic rings. The molecular weight excluding hydrogens is 344 g/mol. The second-order valence-corrected chi connectivity index (χ2v) is 6.18. The first kappa shape index (κ1) is 16.9. The fourth-order valence-electron chi connectivity index (χ4n) is 3.37. The van der Waals surface area contributed by atoms with Crippen LogP contribution in [0.3, 0.4) is 0 Å². The normalized spacial score (nSPS) is 11.1. The number of ether oxygens (including phenoxy) is 1. The molecule has 0 amide bonds. The first-order valence-electron chi connectivity index (χ1n) is 8.42. The first-order chi connectivity index (χ1) is 13.0. The lowest BCUT2D eigenvalue weighted by Crippen LogP contribution is -2.29. The fraction of sp³-hybridized carbons (Fsp3) is 0.211. The van der Waals surface area contributed by atoms with Gasteiger partial charge >= 0.3 is 5.69 Å². The standard InChI is InChI=1S/C19H18N6O2/c1-11-15-10-22-25(18-20-8-5-9-21-18)19(26)24(15)13(3)17(11)14-6-7-16(27-4)23-12(14)2/h5-10H,1-4H3. The van der Waals surface area contributed by atoms with Gasteiger partial charge in [0.2, 0.25) is 5.88 Å². The van der Waals surface area contributed by atoms with Crippen LogP contribution in [0.25, 0.3) is 22.6 Å². The lowest BCUT2D eigenvalue weighted by molar-refractivity contribution is 0.397. The lowest BCUT2D eigenvalue weighted by atomic mass is 10.0. The summed E-state index contributed by atoms with van der Waals surface area (Å²) in [7, 11) is 1.59. The number of rotatable bonds is 3. The van der Waals surface area contributed by atoms with Gasteiger partial charge < -0.3 is 4.74 Å². The van der Waals surface area contributed by atoms with Crippen LogP contribution >= 0.6 is 0 Å². The van der Waals surface area contributed by atoms with Gasteiger partial charge in [0.05, 0.1) is 18.8 Å². The minimum atomic E-state index is -0.315. The van der Waals surface area contributed by atoms with Gasteiger partial charge in [-0.3, -0.25) is 4.40 Å². The number of methoxy groups -OCH3 is 1. The Morgan fingerprint density at radius 1 is 1.07 bits per heavy atom. The van der Waals surface area contributed by atoms with E-state index < -0.39 is 0 Å². The highest BCUT2D eigenvalue weighted by Crippen LogP contribution is 2.33. The molecule has 4 aromatic heterocycles. The van der Waals surface area contributed by atoms with Crippen molar-refractivity contribution in [1.29, 1.82) is 0 Å². The zero-order valence-corrected chi connectivity index (χ0v) is 15.5. The van der Waals surface area contributed by atoms with Gasteiger partial charge in [-0.05, 0) is 38.5 Å². The molecule has 4 heterocycles. The largest absolute Gasteiger partial charge is 0.481 e. The minimum Gasteiger partial charge on any atom is -0.481 e. The van der Waals surface area contributed by atoms with E-state index in [1.807, 2.05) is 32.9 Å². The van der Waals surface area contributed by atoms with E-state index in [2.05, 4.69) is 20.1 Å². The molecule has 8 nitrogen and oxygen atoms in total. The van der Waals surface area contributed by atoms with E-state index in [9.17, 15) is 4.79 Å². The summed E-state index contributed by atoms with van der Waals surface area (Å²) in [5.41, 5.74) is 4.96. The highest BCUT2D eigenvalue weighted by Gasteiger charge is 2.20. The molecule has 0 saturated carbocycles. The summed E-state index contributed by atoms with van der Waals surface area (Å²) in [6, 6.07) is 5.47. The number of nitrogens with zero attached hydrogens (tertiary/aromatic N) is 6. The lowest BCUT2D eigenvalue weighted by Gasteiger charge is -2.08. The van der Waals surface area contributed by atoms with Crippen molar-refractivity contribution in [3.63, 3.8) is 0 Å². The predicted molar refractivity (Wildman–Crippen MR) is 100 cm³/mol. The van der Waals surface area contributed by atoms with Crippen LogP contribution in [0.15, 0.2) is 41.6 Å². The first-order valence-corrected chi connectivity index (χ1v) is 8.42. The summed E-state index contributed by atoms with van der Waals surface area (Å²) >= 11 is 0. The molecule has 0 N–H and O–H groups in total. The summed E-state index contributed by atoms with van der Waals surface area (Å²) in [5.74, 6) is 0.791. The summed E-state index contributed by atoms with van der Waals surface area (Å²) in [5, 5.41) is 4.26. The molecule has 0 fully saturated rings. The van der Waals surface area contributed by atoms with Crippen LogP contribution in [0.5, 0.6) is 5.88 Å². The molecule has 136 valence electrons. The molecule has 0 bridgehead atoms. The highest BCUT2D eigenvalue weighted by molar-refractivity contribution is 5.80. The Morgan fingerprint density at radius 3 is 2.48 bits per heavy atom. The number of hydrogen-bond acceptors (Lipinski definition) is 6. The van der Waals surface area contributed by atoms with Crippen LogP contribution in [0.4, 0.5) is 0 Å². The van der Waals surface area contributed by atoms with Crippen LogP contribution in [0, 0.1) is 20.8 Å². The van der Waals surface area contributed by atoms with Crippen molar-refractivity contribution in [3.8, 4) is 23.0 Å². The molecule has 0 atom stereocenters. The van der Waals surface area contributed by atoms with Gasteiger partial charge in [-0.1, -0.05) is 0 Å². The van der Waals surface area contributed by atoms with Crippen molar-refractivity contribution >= 4 is 5.52 Å². The van der Waals surface area contributed by atoms with Crippen molar-refractivity contribution in [1.82, 2.24) is 29.1 Å². The van der Waals surface area contributed by atoms with E-state index >= 15 is 0 Å². The Labute approximate surface area is 155 Å². The Kier molecular flexibility index (Phi) is 3.95. The molecule has 0 aliphatic carbocycles. The van der Waals surface area contributed by atoms with Crippen LogP contribution in [0.1, 0.15) is 17.0 Å². The number of fused-ring (bicyclic) bond motifs is 1. The molecule has 0 aliphatic heterocycles. The van der Waals surface area contributed by atoms with Crippen molar-refractivity contribution in [2.24, 2.45) is 0 Å². The highest BCUT2D eigenvalue weighted by atomic mass is 16.5. The molecule has 0 saturated heterocycles. The number of pyridine rings is 1. The second kappa shape index (κ2) is 6.31. The average molecular weight is 362 g/mol. The quantitative estimate of drug-likeness (QED) is 0.556. The van der Waals surface area contributed by atoms with Crippen LogP contribution in [0.2, 0.25) is 0 Å². The van der Waals surface area contributed by atoms with Gasteiger partial charge in [0.25, 0.3) is 5.95 Å². The van der Waals surface area contributed by atoms with Gasteiger partial charge in [-0.2, -0.15) is 5.10 Å². The molecular formula is C19H18N6O2. The minimum absolute atomic E-state index is 0.235. The third kappa shape index (κ3) is 2.57. The zero-order chi connectivity index (χ0) is 19.1. The Hall–Kier alpha value is -3.55. The topological polar surface area (TPSA) is 87.2 Å². The van der Waals surface area contributed by atoms with Gasteiger partial charge in [-0.15, -0.1) is 4.68 Å². The average Bonchev–Trinajstić information content (AvgIpc) is 2.94. The van der Waals surface area contributed by atoms with Gasteiger partial charge in [0.15, 0.2) is 0 Å². The molecule has 4 aromatic rings. The number of hydrogen-bond donors (Lipinski definition) is 0. The molecule has 0 spiro atoms. The van der Waals surface area contributed by atoms with Gasteiger partial charge in [0, 0.05) is 41.0 Å².